The number of carbonyl (C=O) groups is 1. The minimum atomic E-state index is 0.168. The summed E-state index contributed by atoms with van der Waals surface area (Å²) in [5.74, 6) is 0.168. The predicted molar refractivity (Wildman–Crippen MR) is 55.6 cm³/mol. The van der Waals surface area contributed by atoms with Gasteiger partial charge in [-0.15, -0.1) is 0 Å². The average Bonchev–Trinajstić information content (AvgIpc) is 2.02. The topological polar surface area (TPSA) is 17.1 Å². The number of ketones is 1. The van der Waals surface area contributed by atoms with Gasteiger partial charge in [0.2, 0.25) is 0 Å². The lowest BCUT2D eigenvalue weighted by molar-refractivity contribution is -0.112. The first-order valence-electron chi connectivity index (χ1n) is 5.11. The van der Waals surface area contributed by atoms with E-state index < -0.39 is 0 Å². The van der Waals surface area contributed by atoms with Crippen molar-refractivity contribution in [3.05, 3.63) is 23.8 Å². The van der Waals surface area contributed by atoms with Crippen LogP contribution in [-0.2, 0) is 4.79 Å². The van der Waals surface area contributed by atoms with Crippen LogP contribution in [0.15, 0.2) is 23.8 Å². The number of rotatable bonds is 2. The van der Waals surface area contributed by atoms with Gasteiger partial charge in [0.15, 0.2) is 5.78 Å². The van der Waals surface area contributed by atoms with Gasteiger partial charge in [0.1, 0.15) is 0 Å². The van der Waals surface area contributed by atoms with Crippen molar-refractivity contribution in [2.75, 3.05) is 0 Å². The van der Waals surface area contributed by atoms with Crippen molar-refractivity contribution in [2.24, 2.45) is 0 Å². The zero-order valence-electron chi connectivity index (χ0n) is 8.44. The zero-order chi connectivity index (χ0) is 9.68. The molecule has 13 heavy (non-hydrogen) atoms. The summed E-state index contributed by atoms with van der Waals surface area (Å²) >= 11 is 0. The molecule has 1 aliphatic carbocycles. The summed E-state index contributed by atoms with van der Waals surface area (Å²) in [6.07, 6.45) is 9.08. The molecule has 0 aromatic rings. The van der Waals surface area contributed by atoms with E-state index in [1.54, 1.807) is 6.92 Å². The van der Waals surface area contributed by atoms with Crippen molar-refractivity contribution < 1.29 is 4.79 Å². The fourth-order valence-electron chi connectivity index (χ4n) is 1.67. The maximum atomic E-state index is 11.6. The monoisotopic (exact) mass is 178 g/mol. The Hall–Kier alpha value is -0.850. The number of Topliss-reactive ketones (excluding diaryl/α,β-unsaturated/α-hetero) is 1. The van der Waals surface area contributed by atoms with E-state index in [9.17, 15) is 4.79 Å². The molecule has 0 aromatic carbocycles. The van der Waals surface area contributed by atoms with Gasteiger partial charge in [0.05, 0.1) is 0 Å². The molecule has 0 amide bonds. The highest BCUT2D eigenvalue weighted by atomic mass is 16.1. The van der Waals surface area contributed by atoms with Crippen LogP contribution >= 0.6 is 0 Å². The molecule has 0 heterocycles. The number of hydrogen-bond acceptors (Lipinski definition) is 1. The van der Waals surface area contributed by atoms with Gasteiger partial charge in [-0.05, 0) is 43.8 Å². The molecule has 0 unspecified atom stereocenters. The van der Waals surface area contributed by atoms with Crippen LogP contribution in [0.4, 0.5) is 0 Å². The van der Waals surface area contributed by atoms with E-state index in [0.717, 1.165) is 24.8 Å². The third-order valence-electron chi connectivity index (χ3n) is 2.47. The van der Waals surface area contributed by atoms with E-state index >= 15 is 0 Å². The average molecular weight is 178 g/mol. The molecule has 1 aliphatic rings. The van der Waals surface area contributed by atoms with E-state index in [1.807, 2.05) is 0 Å². The highest BCUT2D eigenvalue weighted by Crippen LogP contribution is 2.19. The summed E-state index contributed by atoms with van der Waals surface area (Å²) in [6, 6.07) is 0. The highest BCUT2D eigenvalue weighted by molar-refractivity contribution is 6.07. The normalized spacial score (nSPS) is 18.4. The molecule has 0 spiro atoms. The molecule has 1 heteroatoms. The molecule has 0 saturated carbocycles. The molecule has 72 valence electrons. The summed E-state index contributed by atoms with van der Waals surface area (Å²) in [4.78, 5) is 11.6. The lowest BCUT2D eigenvalue weighted by Crippen LogP contribution is -2.04. The van der Waals surface area contributed by atoms with E-state index in [2.05, 4.69) is 12.7 Å². The third-order valence-corrected chi connectivity index (χ3v) is 2.47. The summed E-state index contributed by atoms with van der Waals surface area (Å²) < 4.78 is 0. The summed E-state index contributed by atoms with van der Waals surface area (Å²) in [6.45, 7) is 5.49. The molecule has 1 nitrogen and oxygen atoms in total. The van der Waals surface area contributed by atoms with E-state index in [0.29, 0.717) is 5.57 Å². The number of allylic oxidation sites excluding steroid dienone is 3. The molecule has 0 bridgehead atoms. The van der Waals surface area contributed by atoms with Crippen molar-refractivity contribution in [2.45, 2.75) is 45.4 Å². The number of carbonyl (C=O) groups excluding carboxylic acids is 1. The van der Waals surface area contributed by atoms with Crippen LogP contribution in [0.2, 0.25) is 0 Å². The van der Waals surface area contributed by atoms with Crippen molar-refractivity contribution in [3.8, 4) is 0 Å². The quantitative estimate of drug-likeness (QED) is 0.592. The summed E-state index contributed by atoms with van der Waals surface area (Å²) in [5.41, 5.74) is 1.67. The fraction of sp³-hybridized carbons (Fsp3) is 0.583. The Morgan fingerprint density at radius 1 is 1.31 bits per heavy atom. The van der Waals surface area contributed by atoms with E-state index in [4.69, 9.17) is 0 Å². The Bertz CT molecular complexity index is 236. The fourth-order valence-corrected chi connectivity index (χ4v) is 1.67. The van der Waals surface area contributed by atoms with Gasteiger partial charge in [0.25, 0.3) is 0 Å². The molecule has 0 radical (unpaired) electrons. The molecule has 0 saturated heterocycles. The maximum absolute atomic E-state index is 11.6. The molecule has 1 rings (SSSR count). The van der Waals surface area contributed by atoms with E-state index in [-0.39, 0.29) is 5.78 Å². The third kappa shape index (κ3) is 3.17. The Morgan fingerprint density at radius 3 is 2.69 bits per heavy atom. The molecule has 0 aromatic heterocycles. The van der Waals surface area contributed by atoms with Crippen LogP contribution in [0.25, 0.3) is 0 Å². The summed E-state index contributed by atoms with van der Waals surface area (Å²) in [5, 5.41) is 0. The Labute approximate surface area is 80.5 Å². The van der Waals surface area contributed by atoms with Crippen LogP contribution < -0.4 is 0 Å². The number of hydrogen-bond donors (Lipinski definition) is 0. The van der Waals surface area contributed by atoms with Gasteiger partial charge in [-0.1, -0.05) is 25.5 Å². The van der Waals surface area contributed by atoms with Crippen LogP contribution in [0, 0.1) is 0 Å². The smallest absolute Gasteiger partial charge is 0.183 e. The minimum Gasteiger partial charge on any atom is -0.289 e. The van der Waals surface area contributed by atoms with Gasteiger partial charge in [-0.2, -0.15) is 0 Å². The molecule has 0 N–H and O–H groups in total. The minimum absolute atomic E-state index is 0.168. The van der Waals surface area contributed by atoms with Gasteiger partial charge in [-0.3, -0.25) is 4.79 Å². The standard InChI is InChI=1S/C12H18O/c1-10(2)12(13)11-8-6-4-3-5-7-9-11/h8H,1,3-7,9H2,2H3. The van der Waals surface area contributed by atoms with Crippen LogP contribution in [0.3, 0.4) is 0 Å². The van der Waals surface area contributed by atoms with Gasteiger partial charge >= 0.3 is 0 Å². The van der Waals surface area contributed by atoms with E-state index in [1.165, 1.54) is 19.3 Å². The van der Waals surface area contributed by atoms with Crippen molar-refractivity contribution >= 4 is 5.78 Å². The first-order valence-corrected chi connectivity index (χ1v) is 5.11. The second kappa shape index (κ2) is 5.00. The van der Waals surface area contributed by atoms with Gasteiger partial charge in [-0.25, -0.2) is 0 Å². The molecular weight excluding hydrogens is 160 g/mol. The Balaban J connectivity index is 2.64. The van der Waals surface area contributed by atoms with Gasteiger partial charge in [0, 0.05) is 0 Å². The predicted octanol–water partition coefficient (Wildman–Crippen LogP) is 3.41. The van der Waals surface area contributed by atoms with Crippen molar-refractivity contribution in [1.29, 1.82) is 0 Å². The molecule has 0 fully saturated rings. The van der Waals surface area contributed by atoms with Crippen LogP contribution in [-0.4, -0.2) is 5.78 Å². The molecular formula is C12H18O. The van der Waals surface area contributed by atoms with Gasteiger partial charge < -0.3 is 0 Å². The molecule has 0 aliphatic heterocycles. The molecule has 0 atom stereocenters. The first-order chi connectivity index (χ1) is 6.22. The van der Waals surface area contributed by atoms with Crippen molar-refractivity contribution in [3.63, 3.8) is 0 Å². The second-order valence-electron chi connectivity index (χ2n) is 3.79. The second-order valence-corrected chi connectivity index (χ2v) is 3.79. The Kier molecular flexibility index (Phi) is 3.94. The maximum Gasteiger partial charge on any atom is 0.183 e. The van der Waals surface area contributed by atoms with Crippen LogP contribution in [0.5, 0.6) is 0 Å². The Morgan fingerprint density at radius 2 is 2.00 bits per heavy atom. The zero-order valence-corrected chi connectivity index (χ0v) is 8.44. The SMILES string of the molecule is C=C(C)C(=O)C1=CCCCCCC1. The lowest BCUT2D eigenvalue weighted by Gasteiger charge is -2.09. The van der Waals surface area contributed by atoms with Crippen molar-refractivity contribution in [1.82, 2.24) is 0 Å². The highest BCUT2D eigenvalue weighted by Gasteiger charge is 2.10. The first kappa shape index (κ1) is 10.2. The van der Waals surface area contributed by atoms with Crippen LogP contribution in [0.1, 0.15) is 45.4 Å². The largest absolute Gasteiger partial charge is 0.289 e. The lowest BCUT2D eigenvalue weighted by atomic mass is 9.95. The summed E-state index contributed by atoms with van der Waals surface area (Å²) in [7, 11) is 0.